The molecular formula is C18H25N5O. The zero-order valence-corrected chi connectivity index (χ0v) is 14.4. The summed E-state index contributed by atoms with van der Waals surface area (Å²) in [5.74, 6) is 1.49. The number of anilines is 1. The molecule has 1 aliphatic rings. The number of hydrogen-bond donors (Lipinski definition) is 1. The highest BCUT2D eigenvalue weighted by Gasteiger charge is 2.24. The monoisotopic (exact) mass is 327 g/mol. The molecule has 2 aromatic heterocycles. The molecule has 3 heterocycles. The van der Waals surface area contributed by atoms with Crippen LogP contribution >= 0.6 is 0 Å². The molecule has 1 saturated heterocycles. The van der Waals surface area contributed by atoms with Crippen LogP contribution in [0.2, 0.25) is 0 Å². The summed E-state index contributed by atoms with van der Waals surface area (Å²) in [7, 11) is 1.88. The van der Waals surface area contributed by atoms with Gasteiger partial charge < -0.3 is 10.2 Å². The van der Waals surface area contributed by atoms with Crippen LogP contribution in [0.5, 0.6) is 0 Å². The fourth-order valence-electron chi connectivity index (χ4n) is 3.31. The van der Waals surface area contributed by atoms with Crippen molar-refractivity contribution in [3.05, 3.63) is 41.9 Å². The Hall–Kier alpha value is -2.37. The van der Waals surface area contributed by atoms with Crippen molar-refractivity contribution in [2.45, 2.75) is 38.6 Å². The minimum absolute atomic E-state index is 0.220. The number of carbonyl (C=O) groups is 1. The minimum atomic E-state index is 0.220. The van der Waals surface area contributed by atoms with Gasteiger partial charge in [0.25, 0.3) is 0 Å². The molecule has 1 N–H and O–H groups in total. The van der Waals surface area contributed by atoms with Crippen LogP contribution in [-0.4, -0.2) is 45.7 Å². The van der Waals surface area contributed by atoms with E-state index in [-0.39, 0.29) is 5.91 Å². The molecule has 2 aromatic rings. The zero-order chi connectivity index (χ0) is 16.9. The number of nitrogens with one attached hydrogen (secondary N) is 1. The molecule has 6 heteroatoms. The van der Waals surface area contributed by atoms with Crippen LogP contribution in [0.1, 0.15) is 36.4 Å². The molecule has 0 spiro atoms. The summed E-state index contributed by atoms with van der Waals surface area (Å²) in [5, 5.41) is 7.33. The number of aromatic nitrogens is 3. The van der Waals surface area contributed by atoms with Gasteiger partial charge >= 0.3 is 0 Å². The van der Waals surface area contributed by atoms with Gasteiger partial charge in [0.15, 0.2) is 0 Å². The first-order valence-corrected chi connectivity index (χ1v) is 8.57. The van der Waals surface area contributed by atoms with Crippen LogP contribution in [0, 0.1) is 6.92 Å². The van der Waals surface area contributed by atoms with Crippen LogP contribution < -0.4 is 5.32 Å². The minimum Gasteiger partial charge on any atom is -0.373 e. The maximum absolute atomic E-state index is 12.6. The highest BCUT2D eigenvalue weighted by Crippen LogP contribution is 2.28. The van der Waals surface area contributed by atoms with E-state index in [0.29, 0.717) is 18.9 Å². The third-order valence-electron chi connectivity index (χ3n) is 4.75. The first kappa shape index (κ1) is 16.5. The number of aryl methyl sites for hydroxylation is 2. The molecule has 1 amide bonds. The fraction of sp³-hybridized carbons (Fsp3) is 0.500. The molecule has 24 heavy (non-hydrogen) atoms. The molecule has 128 valence electrons. The van der Waals surface area contributed by atoms with Gasteiger partial charge in [0.1, 0.15) is 5.82 Å². The second-order valence-corrected chi connectivity index (χ2v) is 6.35. The Morgan fingerprint density at radius 1 is 1.38 bits per heavy atom. The summed E-state index contributed by atoms with van der Waals surface area (Å²) in [5.41, 5.74) is 2.35. The lowest BCUT2D eigenvalue weighted by atomic mass is 9.91. The summed E-state index contributed by atoms with van der Waals surface area (Å²) in [6, 6.07) is 6.11. The summed E-state index contributed by atoms with van der Waals surface area (Å²) >= 11 is 0. The van der Waals surface area contributed by atoms with E-state index in [1.807, 2.05) is 35.8 Å². The van der Waals surface area contributed by atoms with Gasteiger partial charge in [0.05, 0.1) is 0 Å². The van der Waals surface area contributed by atoms with Crippen LogP contribution in [0.25, 0.3) is 0 Å². The molecule has 6 nitrogen and oxygen atoms in total. The number of likely N-dealkylation sites (tertiary alicyclic amines) is 1. The Kier molecular flexibility index (Phi) is 5.13. The average Bonchev–Trinajstić information content (AvgIpc) is 3.04. The number of amides is 1. The van der Waals surface area contributed by atoms with Crippen molar-refractivity contribution in [3.63, 3.8) is 0 Å². The van der Waals surface area contributed by atoms with Crippen LogP contribution in [-0.2, 0) is 11.3 Å². The van der Waals surface area contributed by atoms with E-state index in [1.54, 1.807) is 6.20 Å². The standard InChI is InChI=1S/C18H25N5O/c1-14-5-9-21-23(14)11-7-18(24)22-10-3-4-16(13-22)15-6-8-20-17(12-15)19-2/h5-6,8-9,12,16H,3-4,7,10-11,13H2,1-2H3,(H,19,20)/t16-/m1/s1. The Bertz CT molecular complexity index is 696. The van der Waals surface area contributed by atoms with Crippen molar-refractivity contribution in [1.82, 2.24) is 19.7 Å². The Morgan fingerprint density at radius 3 is 3.00 bits per heavy atom. The number of rotatable bonds is 5. The molecule has 1 aliphatic heterocycles. The van der Waals surface area contributed by atoms with E-state index in [2.05, 4.69) is 27.5 Å². The van der Waals surface area contributed by atoms with Crippen molar-refractivity contribution < 1.29 is 4.79 Å². The van der Waals surface area contributed by atoms with Crippen LogP contribution in [0.3, 0.4) is 0 Å². The Labute approximate surface area is 142 Å². The van der Waals surface area contributed by atoms with Crippen molar-refractivity contribution >= 4 is 11.7 Å². The molecule has 0 aliphatic carbocycles. The van der Waals surface area contributed by atoms with Gasteiger partial charge in [-0.2, -0.15) is 5.10 Å². The largest absolute Gasteiger partial charge is 0.373 e. The van der Waals surface area contributed by atoms with Crippen molar-refractivity contribution in [3.8, 4) is 0 Å². The third-order valence-corrected chi connectivity index (χ3v) is 4.75. The summed E-state index contributed by atoms with van der Waals surface area (Å²) < 4.78 is 1.89. The molecule has 0 aromatic carbocycles. The topological polar surface area (TPSA) is 63.1 Å². The van der Waals surface area contributed by atoms with Gasteiger partial charge in [-0.25, -0.2) is 4.98 Å². The van der Waals surface area contributed by atoms with E-state index in [4.69, 9.17) is 0 Å². The molecule has 1 fully saturated rings. The highest BCUT2D eigenvalue weighted by atomic mass is 16.2. The predicted molar refractivity (Wildman–Crippen MR) is 93.9 cm³/mol. The van der Waals surface area contributed by atoms with Gasteiger partial charge in [0.2, 0.25) is 5.91 Å². The number of hydrogen-bond acceptors (Lipinski definition) is 4. The lowest BCUT2D eigenvalue weighted by molar-refractivity contribution is -0.132. The molecule has 0 saturated carbocycles. The van der Waals surface area contributed by atoms with Gasteiger partial charge in [-0.3, -0.25) is 9.48 Å². The first-order chi connectivity index (χ1) is 11.7. The Balaban J connectivity index is 1.60. The first-order valence-electron chi connectivity index (χ1n) is 8.57. The van der Waals surface area contributed by atoms with E-state index >= 15 is 0 Å². The van der Waals surface area contributed by atoms with E-state index < -0.39 is 0 Å². The lowest BCUT2D eigenvalue weighted by Gasteiger charge is -2.33. The number of piperidine rings is 1. The van der Waals surface area contributed by atoms with Crippen molar-refractivity contribution in [2.24, 2.45) is 0 Å². The molecule has 0 unspecified atom stereocenters. The van der Waals surface area contributed by atoms with Gasteiger partial charge in [0, 0.05) is 57.1 Å². The normalized spacial score (nSPS) is 17.8. The van der Waals surface area contributed by atoms with Gasteiger partial charge in [-0.15, -0.1) is 0 Å². The number of pyridine rings is 1. The van der Waals surface area contributed by atoms with Crippen LogP contribution in [0.4, 0.5) is 5.82 Å². The maximum Gasteiger partial charge on any atom is 0.224 e. The van der Waals surface area contributed by atoms with Crippen molar-refractivity contribution in [2.75, 3.05) is 25.5 Å². The van der Waals surface area contributed by atoms with E-state index in [9.17, 15) is 4.79 Å². The van der Waals surface area contributed by atoms with Crippen molar-refractivity contribution in [1.29, 1.82) is 0 Å². The molecule has 0 radical (unpaired) electrons. The highest BCUT2D eigenvalue weighted by molar-refractivity contribution is 5.76. The average molecular weight is 327 g/mol. The third kappa shape index (κ3) is 3.75. The molecule has 0 bridgehead atoms. The zero-order valence-electron chi connectivity index (χ0n) is 14.4. The summed E-state index contributed by atoms with van der Waals surface area (Å²) in [6.07, 6.45) is 6.29. The van der Waals surface area contributed by atoms with E-state index in [1.165, 1.54) is 5.56 Å². The fourth-order valence-corrected chi connectivity index (χ4v) is 3.31. The SMILES string of the molecule is CNc1cc([C@@H]2CCCN(C(=O)CCn3nccc3C)C2)ccn1. The smallest absolute Gasteiger partial charge is 0.224 e. The van der Waals surface area contributed by atoms with Crippen LogP contribution in [0.15, 0.2) is 30.6 Å². The Morgan fingerprint density at radius 2 is 2.25 bits per heavy atom. The lowest BCUT2D eigenvalue weighted by Crippen LogP contribution is -2.39. The van der Waals surface area contributed by atoms with Gasteiger partial charge in [-0.1, -0.05) is 0 Å². The molecule has 3 rings (SSSR count). The second kappa shape index (κ2) is 7.47. The number of nitrogens with zero attached hydrogens (tertiary/aromatic N) is 4. The maximum atomic E-state index is 12.6. The summed E-state index contributed by atoms with van der Waals surface area (Å²) in [4.78, 5) is 18.8. The van der Waals surface area contributed by atoms with E-state index in [0.717, 1.165) is 37.4 Å². The van der Waals surface area contributed by atoms with Gasteiger partial charge in [-0.05, 0) is 43.5 Å². The molecule has 1 atom stereocenters. The molecular weight excluding hydrogens is 302 g/mol. The summed E-state index contributed by atoms with van der Waals surface area (Å²) in [6.45, 7) is 4.32. The number of carbonyl (C=O) groups excluding carboxylic acids is 1. The quantitative estimate of drug-likeness (QED) is 0.916. The second-order valence-electron chi connectivity index (χ2n) is 6.35. The predicted octanol–water partition coefficient (Wildman–Crippen LogP) is 2.42.